The Morgan fingerprint density at radius 2 is 2.20 bits per heavy atom. The first-order valence-corrected chi connectivity index (χ1v) is 6.49. The third-order valence-corrected chi connectivity index (χ3v) is 3.14. The van der Waals surface area contributed by atoms with Gasteiger partial charge >= 0.3 is 0 Å². The largest absolute Gasteiger partial charge is 0.378 e. The summed E-state index contributed by atoms with van der Waals surface area (Å²) >= 11 is 5.71. The molecule has 1 N–H and O–H groups in total. The molecule has 0 aliphatic heterocycles. The van der Waals surface area contributed by atoms with Crippen molar-refractivity contribution in [3.05, 3.63) is 58.8 Å². The summed E-state index contributed by atoms with van der Waals surface area (Å²) in [6.45, 7) is 2.37. The zero-order valence-electron chi connectivity index (χ0n) is 10.8. The Morgan fingerprint density at radius 3 is 3.00 bits per heavy atom. The zero-order chi connectivity index (χ0) is 14.1. The number of nitrogens with zero attached hydrogens (tertiary/aromatic N) is 3. The highest BCUT2D eigenvalue weighted by molar-refractivity contribution is 6.30. The molecule has 2 heterocycles. The van der Waals surface area contributed by atoms with Crippen molar-refractivity contribution in [2.24, 2.45) is 0 Å². The van der Waals surface area contributed by atoms with Gasteiger partial charge in [-0.3, -0.25) is 0 Å². The van der Waals surface area contributed by atoms with Gasteiger partial charge in [0.2, 0.25) is 0 Å². The quantitative estimate of drug-likeness (QED) is 0.803. The number of aromatic nitrogens is 3. The molecule has 3 aromatic rings. The summed E-state index contributed by atoms with van der Waals surface area (Å²) in [6, 6.07) is 6.44. The van der Waals surface area contributed by atoms with E-state index in [1.807, 2.05) is 19.2 Å². The van der Waals surface area contributed by atoms with E-state index in [-0.39, 0.29) is 5.82 Å². The minimum atomic E-state index is -0.374. The minimum absolute atomic E-state index is 0.374. The summed E-state index contributed by atoms with van der Waals surface area (Å²) in [7, 11) is 0. The molecule has 0 amide bonds. The van der Waals surface area contributed by atoms with Crippen LogP contribution in [0.15, 0.2) is 36.7 Å². The molecule has 0 radical (unpaired) electrons. The molecule has 102 valence electrons. The molecule has 2 aromatic heterocycles. The number of benzene rings is 1. The highest BCUT2D eigenvalue weighted by atomic mass is 35.5. The first-order chi connectivity index (χ1) is 9.61. The molecular weight excluding hydrogens is 279 g/mol. The molecule has 0 aliphatic rings. The lowest BCUT2D eigenvalue weighted by molar-refractivity contribution is 0.630. The average molecular weight is 291 g/mol. The minimum Gasteiger partial charge on any atom is -0.378 e. The van der Waals surface area contributed by atoms with Crippen LogP contribution in [0.5, 0.6) is 0 Å². The fraction of sp³-hybridized carbons (Fsp3) is 0.143. The van der Waals surface area contributed by atoms with Crippen molar-refractivity contribution in [3.8, 4) is 0 Å². The molecule has 0 bridgehead atoms. The number of halogens is 2. The van der Waals surface area contributed by atoms with E-state index in [0.29, 0.717) is 17.3 Å². The Labute approximate surface area is 120 Å². The normalized spacial score (nSPS) is 10.9. The third-order valence-electron chi connectivity index (χ3n) is 2.90. The summed E-state index contributed by atoms with van der Waals surface area (Å²) in [5, 5.41) is 7.68. The molecule has 0 saturated heterocycles. The molecule has 0 spiro atoms. The van der Waals surface area contributed by atoms with Gasteiger partial charge < -0.3 is 5.32 Å². The van der Waals surface area contributed by atoms with Crippen LogP contribution in [0, 0.1) is 12.7 Å². The fourth-order valence-electron chi connectivity index (χ4n) is 1.96. The van der Waals surface area contributed by atoms with Gasteiger partial charge in [-0.15, -0.1) is 0 Å². The van der Waals surface area contributed by atoms with Crippen LogP contribution in [0.25, 0.3) is 5.65 Å². The molecule has 0 saturated carbocycles. The van der Waals surface area contributed by atoms with Gasteiger partial charge in [0, 0.05) is 35.6 Å². The first-order valence-electron chi connectivity index (χ1n) is 6.12. The molecule has 20 heavy (non-hydrogen) atoms. The Hall–Kier alpha value is -2.14. The summed E-state index contributed by atoms with van der Waals surface area (Å²) in [4.78, 5) is 4.30. The maximum atomic E-state index is 13.6. The van der Waals surface area contributed by atoms with Gasteiger partial charge in [0.25, 0.3) is 0 Å². The van der Waals surface area contributed by atoms with Gasteiger partial charge in [0.15, 0.2) is 5.65 Å². The highest BCUT2D eigenvalue weighted by Gasteiger charge is 2.04. The molecule has 0 aliphatic carbocycles. The van der Waals surface area contributed by atoms with E-state index in [9.17, 15) is 4.39 Å². The van der Waals surface area contributed by atoms with E-state index < -0.39 is 0 Å². The van der Waals surface area contributed by atoms with Crippen LogP contribution in [-0.2, 0) is 6.54 Å². The van der Waals surface area contributed by atoms with E-state index in [0.717, 1.165) is 16.9 Å². The first kappa shape index (κ1) is 12.9. The molecule has 0 atom stereocenters. The van der Waals surface area contributed by atoms with Crippen LogP contribution in [0.1, 0.15) is 11.3 Å². The molecule has 4 nitrogen and oxygen atoms in total. The Balaban J connectivity index is 1.79. The van der Waals surface area contributed by atoms with Crippen molar-refractivity contribution in [1.82, 2.24) is 14.6 Å². The maximum Gasteiger partial charge on any atom is 0.155 e. The van der Waals surface area contributed by atoms with E-state index in [1.54, 1.807) is 22.8 Å². The van der Waals surface area contributed by atoms with Crippen LogP contribution >= 0.6 is 11.6 Å². The predicted molar refractivity (Wildman–Crippen MR) is 76.5 cm³/mol. The summed E-state index contributed by atoms with van der Waals surface area (Å²) in [6.07, 6.45) is 3.62. The van der Waals surface area contributed by atoms with Crippen LogP contribution in [0.3, 0.4) is 0 Å². The predicted octanol–water partition coefficient (Wildman–Crippen LogP) is 3.44. The SMILES string of the molecule is Cc1cc2ncc(CNc3ccc(Cl)cc3F)cn2n1. The second-order valence-electron chi connectivity index (χ2n) is 4.53. The number of fused-ring (bicyclic) bond motifs is 1. The second-order valence-corrected chi connectivity index (χ2v) is 4.96. The van der Waals surface area contributed by atoms with Gasteiger partial charge in [-0.05, 0) is 25.1 Å². The van der Waals surface area contributed by atoms with Gasteiger partial charge in [-0.2, -0.15) is 5.10 Å². The molecular formula is C14H12ClFN4. The van der Waals surface area contributed by atoms with E-state index in [4.69, 9.17) is 11.6 Å². The van der Waals surface area contributed by atoms with Crippen molar-refractivity contribution in [2.45, 2.75) is 13.5 Å². The van der Waals surface area contributed by atoms with Gasteiger partial charge in [0.05, 0.1) is 11.4 Å². The van der Waals surface area contributed by atoms with Crippen LogP contribution in [-0.4, -0.2) is 14.6 Å². The topological polar surface area (TPSA) is 42.2 Å². The van der Waals surface area contributed by atoms with E-state index >= 15 is 0 Å². The van der Waals surface area contributed by atoms with Crippen molar-refractivity contribution >= 4 is 22.9 Å². The Morgan fingerprint density at radius 1 is 1.35 bits per heavy atom. The molecule has 3 rings (SSSR count). The number of hydrogen-bond acceptors (Lipinski definition) is 3. The average Bonchev–Trinajstić information content (AvgIpc) is 2.77. The van der Waals surface area contributed by atoms with E-state index in [2.05, 4.69) is 15.4 Å². The van der Waals surface area contributed by atoms with Crippen molar-refractivity contribution in [1.29, 1.82) is 0 Å². The number of anilines is 1. The van der Waals surface area contributed by atoms with Gasteiger partial charge in [-0.1, -0.05) is 11.6 Å². The summed E-state index contributed by atoms with van der Waals surface area (Å²) in [5.74, 6) is -0.374. The number of nitrogens with one attached hydrogen (secondary N) is 1. The molecule has 1 aromatic carbocycles. The fourth-order valence-corrected chi connectivity index (χ4v) is 2.11. The molecule has 6 heteroatoms. The van der Waals surface area contributed by atoms with Crippen molar-refractivity contribution in [2.75, 3.05) is 5.32 Å². The highest BCUT2D eigenvalue weighted by Crippen LogP contribution is 2.19. The van der Waals surface area contributed by atoms with Crippen LogP contribution in [0.2, 0.25) is 5.02 Å². The monoisotopic (exact) mass is 290 g/mol. The second kappa shape index (κ2) is 5.09. The maximum absolute atomic E-state index is 13.6. The van der Waals surface area contributed by atoms with Gasteiger partial charge in [0.1, 0.15) is 5.82 Å². The number of hydrogen-bond donors (Lipinski definition) is 1. The molecule has 0 unspecified atom stereocenters. The van der Waals surface area contributed by atoms with Crippen LogP contribution < -0.4 is 5.32 Å². The lowest BCUT2D eigenvalue weighted by Gasteiger charge is -2.07. The Bertz CT molecular complexity index is 769. The van der Waals surface area contributed by atoms with Gasteiger partial charge in [-0.25, -0.2) is 13.9 Å². The summed E-state index contributed by atoms with van der Waals surface area (Å²) in [5.41, 5.74) is 3.02. The van der Waals surface area contributed by atoms with E-state index in [1.165, 1.54) is 6.07 Å². The van der Waals surface area contributed by atoms with Crippen LogP contribution in [0.4, 0.5) is 10.1 Å². The third kappa shape index (κ3) is 2.58. The Kier molecular flexibility index (Phi) is 3.28. The standard InChI is InChI=1S/C14H12ClFN4/c1-9-4-14-18-7-10(8-20(14)19-9)6-17-13-3-2-11(15)5-12(13)16/h2-5,7-8,17H,6H2,1H3. The molecule has 0 fully saturated rings. The zero-order valence-corrected chi connectivity index (χ0v) is 11.5. The lowest BCUT2D eigenvalue weighted by atomic mass is 10.3. The number of aryl methyl sites for hydroxylation is 1. The number of rotatable bonds is 3. The lowest BCUT2D eigenvalue weighted by Crippen LogP contribution is -2.03. The van der Waals surface area contributed by atoms with Crippen molar-refractivity contribution in [3.63, 3.8) is 0 Å². The summed E-state index contributed by atoms with van der Waals surface area (Å²) < 4.78 is 15.3. The smallest absolute Gasteiger partial charge is 0.155 e. The van der Waals surface area contributed by atoms with Crippen molar-refractivity contribution < 1.29 is 4.39 Å².